The fourth-order valence-corrected chi connectivity index (χ4v) is 2.33. The summed E-state index contributed by atoms with van der Waals surface area (Å²) < 4.78 is 0. The van der Waals surface area contributed by atoms with Gasteiger partial charge in [0.15, 0.2) is 0 Å². The molecule has 1 aromatic rings. The van der Waals surface area contributed by atoms with Crippen LogP contribution in [0, 0.1) is 13.8 Å². The Balaban J connectivity index is 1.86. The van der Waals surface area contributed by atoms with Gasteiger partial charge in [0, 0.05) is 11.7 Å². The second-order valence-electron chi connectivity index (χ2n) is 5.54. The summed E-state index contributed by atoms with van der Waals surface area (Å²) >= 11 is 0. The lowest BCUT2D eigenvalue weighted by Gasteiger charge is -2.18. The third-order valence-electron chi connectivity index (χ3n) is 3.92. The number of hydrogen-bond donors (Lipinski definition) is 2. The van der Waals surface area contributed by atoms with E-state index in [-0.39, 0.29) is 12.5 Å². The van der Waals surface area contributed by atoms with Crippen LogP contribution in [0.25, 0.3) is 0 Å². The topological polar surface area (TPSA) is 61.4 Å². The molecule has 0 atom stereocenters. The van der Waals surface area contributed by atoms with Gasteiger partial charge < -0.3 is 5.32 Å². The van der Waals surface area contributed by atoms with E-state index in [1.54, 1.807) is 0 Å². The highest BCUT2D eigenvalue weighted by Gasteiger charge is 2.29. The Hall–Kier alpha value is -1.88. The summed E-state index contributed by atoms with van der Waals surface area (Å²) in [7, 11) is 0. The summed E-state index contributed by atoms with van der Waals surface area (Å²) in [6.45, 7) is 7.07. The van der Waals surface area contributed by atoms with Crippen molar-refractivity contribution in [3.8, 4) is 0 Å². The van der Waals surface area contributed by atoms with Gasteiger partial charge in [0.2, 0.25) is 5.91 Å². The summed E-state index contributed by atoms with van der Waals surface area (Å²) in [5.74, 6) is -0.258. The first-order valence-corrected chi connectivity index (χ1v) is 7.42. The van der Waals surface area contributed by atoms with E-state index in [0.717, 1.165) is 36.2 Å². The van der Waals surface area contributed by atoms with Gasteiger partial charge in [-0.25, -0.2) is 4.79 Å². The van der Waals surface area contributed by atoms with Gasteiger partial charge in [-0.05, 0) is 50.4 Å². The second-order valence-corrected chi connectivity index (χ2v) is 5.54. The Morgan fingerprint density at radius 3 is 2.62 bits per heavy atom. The minimum Gasteiger partial charge on any atom is -0.307 e. The minimum absolute atomic E-state index is 0.258. The molecule has 0 unspecified atom stereocenters. The number of amides is 3. The smallest absolute Gasteiger partial charge is 0.307 e. The molecule has 1 fully saturated rings. The molecule has 0 bridgehead atoms. The van der Waals surface area contributed by atoms with Gasteiger partial charge >= 0.3 is 6.03 Å². The number of anilines is 1. The molecular weight excluding hydrogens is 266 g/mol. The fraction of sp³-hybridized carbons (Fsp3) is 0.500. The van der Waals surface area contributed by atoms with Crippen LogP contribution in [-0.4, -0.2) is 36.0 Å². The van der Waals surface area contributed by atoms with Gasteiger partial charge in [0.25, 0.3) is 0 Å². The van der Waals surface area contributed by atoms with Crippen molar-refractivity contribution in [2.75, 3.05) is 18.4 Å². The molecule has 5 nitrogen and oxygen atoms in total. The van der Waals surface area contributed by atoms with E-state index in [1.165, 1.54) is 0 Å². The standard InChI is InChI=1S/C16H23N3O2/c1-4-19(13-8-9-13)10-15(20)18-16(21)17-14-7-5-6-11(2)12(14)3/h5-7,13H,4,8-10H2,1-3H3,(H2,17,18,20,21). The number of aryl methyl sites for hydroxylation is 1. The molecule has 0 aliphatic heterocycles. The monoisotopic (exact) mass is 289 g/mol. The van der Waals surface area contributed by atoms with Crippen molar-refractivity contribution in [1.29, 1.82) is 0 Å². The van der Waals surface area contributed by atoms with Crippen LogP contribution in [0.4, 0.5) is 10.5 Å². The normalized spacial score (nSPS) is 14.1. The van der Waals surface area contributed by atoms with Crippen molar-refractivity contribution < 1.29 is 9.59 Å². The van der Waals surface area contributed by atoms with E-state index in [4.69, 9.17) is 0 Å². The first kappa shape index (κ1) is 15.5. The minimum atomic E-state index is -0.472. The molecule has 0 radical (unpaired) electrons. The van der Waals surface area contributed by atoms with Crippen molar-refractivity contribution in [3.63, 3.8) is 0 Å². The molecule has 0 aromatic heterocycles. The lowest BCUT2D eigenvalue weighted by Crippen LogP contribution is -2.42. The van der Waals surface area contributed by atoms with Crippen LogP contribution in [-0.2, 0) is 4.79 Å². The first-order chi connectivity index (χ1) is 10.0. The molecule has 21 heavy (non-hydrogen) atoms. The zero-order valence-corrected chi connectivity index (χ0v) is 12.9. The Bertz CT molecular complexity index is 538. The SMILES string of the molecule is CCN(CC(=O)NC(=O)Nc1cccc(C)c1C)C1CC1. The van der Waals surface area contributed by atoms with E-state index in [0.29, 0.717) is 6.04 Å². The van der Waals surface area contributed by atoms with Crippen LogP contribution in [0.15, 0.2) is 18.2 Å². The summed E-state index contributed by atoms with van der Waals surface area (Å²) in [4.78, 5) is 25.9. The van der Waals surface area contributed by atoms with Crippen LogP contribution in [0.3, 0.4) is 0 Å². The van der Waals surface area contributed by atoms with Crippen LogP contribution in [0.1, 0.15) is 30.9 Å². The van der Waals surface area contributed by atoms with Crippen molar-refractivity contribution in [2.24, 2.45) is 0 Å². The third-order valence-corrected chi connectivity index (χ3v) is 3.92. The molecule has 1 aliphatic rings. The van der Waals surface area contributed by atoms with E-state index < -0.39 is 6.03 Å². The Kier molecular flexibility index (Phi) is 4.96. The van der Waals surface area contributed by atoms with Crippen LogP contribution in [0.5, 0.6) is 0 Å². The molecule has 3 amide bonds. The van der Waals surface area contributed by atoms with Crippen molar-refractivity contribution in [3.05, 3.63) is 29.3 Å². The molecule has 0 heterocycles. The maximum Gasteiger partial charge on any atom is 0.325 e. The summed E-state index contributed by atoms with van der Waals surface area (Å²) in [5, 5.41) is 5.12. The largest absolute Gasteiger partial charge is 0.325 e. The van der Waals surface area contributed by atoms with Gasteiger partial charge in [0.1, 0.15) is 0 Å². The Labute approximate surface area is 125 Å². The maximum atomic E-state index is 11.9. The first-order valence-electron chi connectivity index (χ1n) is 7.42. The number of nitrogens with one attached hydrogen (secondary N) is 2. The summed E-state index contributed by atoms with van der Waals surface area (Å²) in [6, 6.07) is 5.74. The van der Waals surface area contributed by atoms with Crippen LogP contribution >= 0.6 is 0 Å². The molecule has 1 aliphatic carbocycles. The Morgan fingerprint density at radius 1 is 1.29 bits per heavy atom. The number of likely N-dealkylation sites (N-methyl/N-ethyl adjacent to an activating group) is 1. The zero-order chi connectivity index (χ0) is 15.4. The van der Waals surface area contributed by atoms with Gasteiger partial charge in [0.05, 0.1) is 6.54 Å². The van der Waals surface area contributed by atoms with Gasteiger partial charge in [-0.2, -0.15) is 0 Å². The predicted molar refractivity (Wildman–Crippen MR) is 83.3 cm³/mol. The van der Waals surface area contributed by atoms with Crippen molar-refractivity contribution in [1.82, 2.24) is 10.2 Å². The number of hydrogen-bond acceptors (Lipinski definition) is 3. The van der Waals surface area contributed by atoms with E-state index in [1.807, 2.05) is 39.0 Å². The van der Waals surface area contributed by atoms with E-state index >= 15 is 0 Å². The highest BCUT2D eigenvalue weighted by atomic mass is 16.2. The van der Waals surface area contributed by atoms with Crippen LogP contribution < -0.4 is 10.6 Å². The number of nitrogens with zero attached hydrogens (tertiary/aromatic N) is 1. The van der Waals surface area contributed by atoms with Gasteiger partial charge in [-0.15, -0.1) is 0 Å². The van der Waals surface area contributed by atoms with Crippen molar-refractivity contribution in [2.45, 2.75) is 39.7 Å². The van der Waals surface area contributed by atoms with E-state index in [2.05, 4.69) is 15.5 Å². The highest BCUT2D eigenvalue weighted by molar-refractivity contribution is 6.02. The summed E-state index contributed by atoms with van der Waals surface area (Å²) in [5.41, 5.74) is 2.84. The third kappa shape index (κ3) is 4.29. The van der Waals surface area contributed by atoms with E-state index in [9.17, 15) is 9.59 Å². The molecule has 0 saturated heterocycles. The molecule has 1 saturated carbocycles. The Morgan fingerprint density at radius 2 is 2.00 bits per heavy atom. The number of rotatable bonds is 5. The molecule has 2 rings (SSSR count). The number of imide groups is 1. The summed E-state index contributed by atoms with van der Waals surface area (Å²) in [6.07, 6.45) is 2.30. The molecule has 2 N–H and O–H groups in total. The van der Waals surface area contributed by atoms with Crippen LogP contribution in [0.2, 0.25) is 0 Å². The molecule has 114 valence electrons. The number of carbonyl (C=O) groups is 2. The average Bonchev–Trinajstić information content (AvgIpc) is 3.25. The van der Waals surface area contributed by atoms with Gasteiger partial charge in [-0.3, -0.25) is 15.0 Å². The maximum absolute atomic E-state index is 11.9. The fourth-order valence-electron chi connectivity index (χ4n) is 2.33. The molecule has 1 aromatic carbocycles. The second kappa shape index (κ2) is 6.72. The molecule has 0 spiro atoms. The quantitative estimate of drug-likeness (QED) is 0.875. The average molecular weight is 289 g/mol. The molecular formula is C16H23N3O2. The predicted octanol–water partition coefficient (Wildman–Crippen LogP) is 2.44. The zero-order valence-electron chi connectivity index (χ0n) is 12.9. The molecule has 5 heteroatoms. The van der Waals surface area contributed by atoms with Crippen molar-refractivity contribution >= 4 is 17.6 Å². The number of benzene rings is 1. The number of urea groups is 1. The van der Waals surface area contributed by atoms with Gasteiger partial charge in [-0.1, -0.05) is 19.1 Å². The highest BCUT2D eigenvalue weighted by Crippen LogP contribution is 2.25. The lowest BCUT2D eigenvalue weighted by atomic mass is 10.1. The lowest BCUT2D eigenvalue weighted by molar-refractivity contribution is -0.121. The number of carbonyl (C=O) groups excluding carboxylic acids is 2.